The van der Waals surface area contributed by atoms with Gasteiger partial charge in [-0.3, -0.25) is 9.78 Å². The summed E-state index contributed by atoms with van der Waals surface area (Å²) in [6.45, 7) is 1.47. The molecular formula is C8H9NO2. The fourth-order valence-electron chi connectivity index (χ4n) is 0.731. The monoisotopic (exact) mass is 151 g/mol. The lowest BCUT2D eigenvalue weighted by Gasteiger charge is -1.98. The molecule has 11 heavy (non-hydrogen) atoms. The van der Waals surface area contributed by atoms with Gasteiger partial charge in [-0.15, -0.1) is 0 Å². The van der Waals surface area contributed by atoms with E-state index in [0.29, 0.717) is 11.4 Å². The predicted molar refractivity (Wildman–Crippen MR) is 40.8 cm³/mol. The standard InChI is InChI=1S/C8H9NO2/c1-6(10)8-5-7(11-2)3-4-9-8/h3-5H,1-2H3. The molecule has 1 aromatic heterocycles. The molecule has 0 atom stereocenters. The number of methoxy groups -OCH3 is 1. The quantitative estimate of drug-likeness (QED) is 0.598. The van der Waals surface area contributed by atoms with Gasteiger partial charge in [-0.1, -0.05) is 0 Å². The zero-order chi connectivity index (χ0) is 8.27. The van der Waals surface area contributed by atoms with E-state index in [1.54, 1.807) is 25.4 Å². The molecule has 0 amide bonds. The van der Waals surface area contributed by atoms with Crippen molar-refractivity contribution in [2.45, 2.75) is 6.92 Å². The first-order chi connectivity index (χ1) is 5.24. The number of nitrogens with zero attached hydrogens (tertiary/aromatic N) is 1. The van der Waals surface area contributed by atoms with E-state index in [1.807, 2.05) is 0 Å². The van der Waals surface area contributed by atoms with E-state index < -0.39 is 0 Å². The zero-order valence-electron chi connectivity index (χ0n) is 6.50. The zero-order valence-corrected chi connectivity index (χ0v) is 6.50. The predicted octanol–water partition coefficient (Wildman–Crippen LogP) is 1.29. The second-order valence-electron chi connectivity index (χ2n) is 2.14. The van der Waals surface area contributed by atoms with E-state index >= 15 is 0 Å². The van der Waals surface area contributed by atoms with Crippen LogP contribution in [-0.4, -0.2) is 17.9 Å². The fraction of sp³-hybridized carbons (Fsp3) is 0.250. The molecule has 0 saturated heterocycles. The number of aromatic nitrogens is 1. The third-order valence-corrected chi connectivity index (χ3v) is 1.33. The summed E-state index contributed by atoms with van der Waals surface area (Å²) in [6.07, 6.45) is 1.55. The van der Waals surface area contributed by atoms with Crippen molar-refractivity contribution in [2.24, 2.45) is 0 Å². The smallest absolute Gasteiger partial charge is 0.178 e. The molecule has 0 saturated carbocycles. The largest absolute Gasteiger partial charge is 0.497 e. The summed E-state index contributed by atoms with van der Waals surface area (Å²) in [7, 11) is 1.55. The third kappa shape index (κ3) is 1.77. The molecule has 0 aliphatic carbocycles. The van der Waals surface area contributed by atoms with Gasteiger partial charge in [0.05, 0.1) is 7.11 Å². The van der Waals surface area contributed by atoms with Crippen LogP contribution >= 0.6 is 0 Å². The van der Waals surface area contributed by atoms with Crippen LogP contribution in [0.3, 0.4) is 0 Å². The van der Waals surface area contributed by atoms with E-state index in [9.17, 15) is 4.79 Å². The number of hydrogen-bond donors (Lipinski definition) is 0. The van der Waals surface area contributed by atoms with Crippen molar-refractivity contribution in [3.8, 4) is 5.75 Å². The van der Waals surface area contributed by atoms with Crippen molar-refractivity contribution >= 4 is 5.78 Å². The molecule has 0 unspecified atom stereocenters. The van der Waals surface area contributed by atoms with Crippen molar-refractivity contribution in [3.05, 3.63) is 24.0 Å². The first-order valence-electron chi connectivity index (χ1n) is 3.25. The van der Waals surface area contributed by atoms with Gasteiger partial charge in [0.1, 0.15) is 11.4 Å². The van der Waals surface area contributed by atoms with Crippen LogP contribution < -0.4 is 4.74 Å². The number of ether oxygens (including phenoxy) is 1. The molecule has 3 nitrogen and oxygen atoms in total. The minimum Gasteiger partial charge on any atom is -0.497 e. The number of Topliss-reactive ketones (excluding diaryl/α,β-unsaturated/α-hetero) is 1. The average molecular weight is 151 g/mol. The molecule has 3 heteroatoms. The summed E-state index contributed by atoms with van der Waals surface area (Å²) < 4.78 is 4.91. The normalized spacial score (nSPS) is 9.27. The van der Waals surface area contributed by atoms with Crippen LogP contribution in [0.4, 0.5) is 0 Å². The minimum atomic E-state index is -0.0519. The summed E-state index contributed by atoms with van der Waals surface area (Å²) >= 11 is 0. The Morgan fingerprint density at radius 1 is 1.64 bits per heavy atom. The van der Waals surface area contributed by atoms with E-state index in [0.717, 1.165) is 0 Å². The van der Waals surface area contributed by atoms with Crippen molar-refractivity contribution < 1.29 is 9.53 Å². The summed E-state index contributed by atoms with van der Waals surface area (Å²) in [6, 6.07) is 3.31. The van der Waals surface area contributed by atoms with Crippen LogP contribution in [0.15, 0.2) is 18.3 Å². The summed E-state index contributed by atoms with van der Waals surface area (Å²) in [4.78, 5) is 14.7. The van der Waals surface area contributed by atoms with Gasteiger partial charge in [0.15, 0.2) is 5.78 Å². The van der Waals surface area contributed by atoms with Crippen LogP contribution in [0, 0.1) is 0 Å². The maximum atomic E-state index is 10.8. The molecule has 0 radical (unpaired) electrons. The number of pyridine rings is 1. The second kappa shape index (κ2) is 3.14. The number of carbonyl (C=O) groups is 1. The van der Waals surface area contributed by atoms with E-state index in [4.69, 9.17) is 4.74 Å². The Morgan fingerprint density at radius 2 is 2.36 bits per heavy atom. The van der Waals surface area contributed by atoms with E-state index in [1.165, 1.54) is 6.92 Å². The molecule has 0 bridgehead atoms. The Balaban J connectivity index is 3.01. The molecule has 0 N–H and O–H groups in total. The Morgan fingerprint density at radius 3 is 2.91 bits per heavy atom. The summed E-state index contributed by atoms with van der Waals surface area (Å²) in [5.74, 6) is 0.606. The van der Waals surface area contributed by atoms with E-state index in [2.05, 4.69) is 4.98 Å². The number of hydrogen-bond acceptors (Lipinski definition) is 3. The highest BCUT2D eigenvalue weighted by molar-refractivity contribution is 5.92. The van der Waals surface area contributed by atoms with Crippen molar-refractivity contribution in [1.82, 2.24) is 4.98 Å². The Bertz CT molecular complexity index is 271. The van der Waals surface area contributed by atoms with Gasteiger partial charge in [0.2, 0.25) is 0 Å². The van der Waals surface area contributed by atoms with Gasteiger partial charge in [-0.2, -0.15) is 0 Å². The molecule has 0 spiro atoms. The second-order valence-corrected chi connectivity index (χ2v) is 2.14. The Kier molecular flexibility index (Phi) is 2.21. The van der Waals surface area contributed by atoms with Crippen molar-refractivity contribution in [2.75, 3.05) is 7.11 Å². The molecule has 0 aliphatic heterocycles. The van der Waals surface area contributed by atoms with Gasteiger partial charge in [-0.05, 0) is 6.07 Å². The van der Waals surface area contributed by atoms with Crippen LogP contribution in [0.1, 0.15) is 17.4 Å². The molecule has 1 aromatic rings. The van der Waals surface area contributed by atoms with Crippen LogP contribution in [-0.2, 0) is 0 Å². The Labute approximate surface area is 65.0 Å². The van der Waals surface area contributed by atoms with Crippen LogP contribution in [0.25, 0.3) is 0 Å². The van der Waals surface area contributed by atoms with Gasteiger partial charge in [0.25, 0.3) is 0 Å². The molecule has 1 heterocycles. The first-order valence-corrected chi connectivity index (χ1v) is 3.25. The lowest BCUT2D eigenvalue weighted by molar-refractivity contribution is 0.101. The highest BCUT2D eigenvalue weighted by atomic mass is 16.5. The topological polar surface area (TPSA) is 39.2 Å². The van der Waals surface area contributed by atoms with Gasteiger partial charge >= 0.3 is 0 Å². The molecule has 0 aliphatic rings. The van der Waals surface area contributed by atoms with Crippen LogP contribution in [0.5, 0.6) is 5.75 Å². The number of carbonyl (C=O) groups excluding carboxylic acids is 1. The third-order valence-electron chi connectivity index (χ3n) is 1.33. The maximum absolute atomic E-state index is 10.8. The van der Waals surface area contributed by atoms with Crippen molar-refractivity contribution in [1.29, 1.82) is 0 Å². The maximum Gasteiger partial charge on any atom is 0.178 e. The highest BCUT2D eigenvalue weighted by Crippen LogP contribution is 2.09. The van der Waals surface area contributed by atoms with Crippen molar-refractivity contribution in [3.63, 3.8) is 0 Å². The lowest BCUT2D eigenvalue weighted by atomic mass is 10.3. The molecule has 0 aromatic carbocycles. The average Bonchev–Trinajstić information content (AvgIpc) is 2.05. The molecule has 58 valence electrons. The minimum absolute atomic E-state index is 0.0519. The first kappa shape index (κ1) is 7.72. The Hall–Kier alpha value is -1.38. The van der Waals surface area contributed by atoms with Gasteiger partial charge < -0.3 is 4.74 Å². The molecule has 0 fully saturated rings. The lowest BCUT2D eigenvalue weighted by Crippen LogP contribution is -1.96. The molecular weight excluding hydrogens is 142 g/mol. The number of rotatable bonds is 2. The van der Waals surface area contributed by atoms with Gasteiger partial charge in [0, 0.05) is 19.2 Å². The SMILES string of the molecule is COc1ccnc(C(C)=O)c1. The summed E-state index contributed by atoms with van der Waals surface area (Å²) in [5, 5.41) is 0. The summed E-state index contributed by atoms with van der Waals surface area (Å²) in [5.41, 5.74) is 0.435. The highest BCUT2D eigenvalue weighted by Gasteiger charge is 2.00. The van der Waals surface area contributed by atoms with E-state index in [-0.39, 0.29) is 5.78 Å². The number of ketones is 1. The molecule has 1 rings (SSSR count). The fourth-order valence-corrected chi connectivity index (χ4v) is 0.731. The van der Waals surface area contributed by atoms with Crippen LogP contribution in [0.2, 0.25) is 0 Å². The van der Waals surface area contributed by atoms with Gasteiger partial charge in [-0.25, -0.2) is 0 Å².